The highest BCUT2D eigenvalue weighted by atomic mass is 16.1. The van der Waals surface area contributed by atoms with E-state index < -0.39 is 0 Å². The zero-order valence-electron chi connectivity index (χ0n) is 10.8. The number of carbonyl (C=O) groups is 1. The van der Waals surface area contributed by atoms with Crippen molar-refractivity contribution < 1.29 is 4.79 Å². The maximum Gasteiger partial charge on any atom is 0.165 e. The van der Waals surface area contributed by atoms with Crippen molar-refractivity contribution in [1.29, 1.82) is 5.26 Å². The third kappa shape index (κ3) is 2.26. The molecule has 0 bridgehead atoms. The minimum atomic E-state index is 0.225. The van der Waals surface area contributed by atoms with Gasteiger partial charge in [-0.2, -0.15) is 5.26 Å². The molecule has 19 heavy (non-hydrogen) atoms. The fourth-order valence-electron chi connectivity index (χ4n) is 3.01. The van der Waals surface area contributed by atoms with Gasteiger partial charge in [-0.05, 0) is 18.1 Å². The van der Waals surface area contributed by atoms with Crippen LogP contribution < -0.4 is 0 Å². The van der Waals surface area contributed by atoms with Gasteiger partial charge in [0.05, 0.1) is 11.6 Å². The Morgan fingerprint density at radius 3 is 2.89 bits per heavy atom. The maximum atomic E-state index is 12.3. The summed E-state index contributed by atoms with van der Waals surface area (Å²) in [5, 5.41) is 9.80. The molecule has 1 aromatic carbocycles. The van der Waals surface area contributed by atoms with Crippen LogP contribution in [0.25, 0.3) is 10.9 Å². The average Bonchev–Trinajstić information content (AvgIpc) is 3.06. The lowest BCUT2D eigenvalue weighted by Gasteiger charge is -2.06. The molecule has 0 unspecified atom stereocenters. The summed E-state index contributed by atoms with van der Waals surface area (Å²) in [4.78, 5) is 15.4. The monoisotopic (exact) mass is 252 g/mol. The van der Waals surface area contributed by atoms with E-state index in [0.29, 0.717) is 17.9 Å². The van der Waals surface area contributed by atoms with Gasteiger partial charge in [0.2, 0.25) is 0 Å². The molecule has 3 heteroatoms. The molecule has 0 amide bonds. The molecule has 1 aromatic heterocycles. The SMILES string of the molecule is N#Cc1ccc2c(C(=O)CC3CCCC3)c[nH]c2c1. The van der Waals surface area contributed by atoms with Gasteiger partial charge in [-0.1, -0.05) is 31.7 Å². The van der Waals surface area contributed by atoms with Gasteiger partial charge in [-0.3, -0.25) is 4.79 Å². The number of aromatic nitrogens is 1. The molecule has 0 aliphatic heterocycles. The standard InChI is InChI=1S/C16H16N2O/c17-9-12-5-6-13-14(10-18-15(13)7-12)16(19)8-11-3-1-2-4-11/h5-7,10-11,18H,1-4,8H2. The molecule has 1 aliphatic rings. The van der Waals surface area contributed by atoms with E-state index in [4.69, 9.17) is 5.26 Å². The molecule has 3 rings (SSSR count). The molecule has 3 nitrogen and oxygen atoms in total. The van der Waals surface area contributed by atoms with Crippen LogP contribution in [0.15, 0.2) is 24.4 Å². The quantitative estimate of drug-likeness (QED) is 0.844. The van der Waals surface area contributed by atoms with E-state index in [0.717, 1.165) is 16.5 Å². The number of nitrogens with zero attached hydrogens (tertiary/aromatic N) is 1. The van der Waals surface area contributed by atoms with Gasteiger partial charge >= 0.3 is 0 Å². The van der Waals surface area contributed by atoms with Crippen molar-refractivity contribution in [1.82, 2.24) is 4.98 Å². The number of rotatable bonds is 3. The number of benzene rings is 1. The van der Waals surface area contributed by atoms with Crippen molar-refractivity contribution in [2.45, 2.75) is 32.1 Å². The number of Topliss-reactive ketones (excluding diaryl/α,β-unsaturated/α-hetero) is 1. The van der Waals surface area contributed by atoms with Crippen molar-refractivity contribution in [2.75, 3.05) is 0 Å². The summed E-state index contributed by atoms with van der Waals surface area (Å²) in [6.07, 6.45) is 7.34. The van der Waals surface area contributed by atoms with Crippen molar-refractivity contribution in [3.63, 3.8) is 0 Å². The van der Waals surface area contributed by atoms with E-state index >= 15 is 0 Å². The number of hydrogen-bond acceptors (Lipinski definition) is 2. The summed E-state index contributed by atoms with van der Waals surface area (Å²) in [5.41, 5.74) is 2.25. The molecule has 0 atom stereocenters. The molecular weight excluding hydrogens is 236 g/mol. The van der Waals surface area contributed by atoms with Crippen molar-refractivity contribution in [2.24, 2.45) is 5.92 Å². The summed E-state index contributed by atoms with van der Waals surface area (Å²) in [6.45, 7) is 0. The summed E-state index contributed by atoms with van der Waals surface area (Å²) in [7, 11) is 0. The molecule has 1 saturated carbocycles. The smallest absolute Gasteiger partial charge is 0.165 e. The first-order valence-corrected chi connectivity index (χ1v) is 6.82. The van der Waals surface area contributed by atoms with E-state index in [2.05, 4.69) is 11.1 Å². The predicted molar refractivity (Wildman–Crippen MR) is 73.9 cm³/mol. The second-order valence-corrected chi connectivity index (χ2v) is 5.35. The van der Waals surface area contributed by atoms with Gasteiger partial charge in [0, 0.05) is 29.1 Å². The number of hydrogen-bond donors (Lipinski definition) is 1. The highest BCUT2D eigenvalue weighted by Gasteiger charge is 2.21. The van der Waals surface area contributed by atoms with Crippen LogP contribution in [-0.2, 0) is 0 Å². The summed E-state index contributed by atoms with van der Waals surface area (Å²) in [5.74, 6) is 0.790. The number of fused-ring (bicyclic) bond motifs is 1. The Kier molecular flexibility index (Phi) is 3.08. The molecule has 0 radical (unpaired) electrons. The van der Waals surface area contributed by atoms with Gasteiger partial charge in [-0.25, -0.2) is 0 Å². The molecule has 96 valence electrons. The Labute approximate surface area is 112 Å². The third-order valence-corrected chi connectivity index (χ3v) is 4.06. The molecule has 1 aliphatic carbocycles. The molecular formula is C16H16N2O. The van der Waals surface area contributed by atoms with Gasteiger partial charge in [0.15, 0.2) is 5.78 Å². The van der Waals surface area contributed by atoms with Crippen LogP contribution >= 0.6 is 0 Å². The maximum absolute atomic E-state index is 12.3. The Morgan fingerprint density at radius 2 is 2.16 bits per heavy atom. The fraction of sp³-hybridized carbons (Fsp3) is 0.375. The summed E-state index contributed by atoms with van der Waals surface area (Å²) in [6, 6.07) is 7.54. The Bertz CT molecular complexity index is 657. The predicted octanol–water partition coefficient (Wildman–Crippen LogP) is 3.80. The van der Waals surface area contributed by atoms with Crippen LogP contribution in [0.3, 0.4) is 0 Å². The zero-order valence-corrected chi connectivity index (χ0v) is 10.8. The number of aromatic amines is 1. The van der Waals surface area contributed by atoms with Crippen LogP contribution in [0.2, 0.25) is 0 Å². The van der Waals surface area contributed by atoms with E-state index in [9.17, 15) is 4.79 Å². The highest BCUT2D eigenvalue weighted by molar-refractivity contribution is 6.08. The zero-order chi connectivity index (χ0) is 13.2. The van der Waals surface area contributed by atoms with Gasteiger partial charge in [-0.15, -0.1) is 0 Å². The number of H-pyrrole nitrogens is 1. The number of carbonyl (C=O) groups excluding carboxylic acids is 1. The Morgan fingerprint density at radius 1 is 1.37 bits per heavy atom. The molecule has 0 spiro atoms. The van der Waals surface area contributed by atoms with Crippen LogP contribution in [0.5, 0.6) is 0 Å². The molecule has 1 heterocycles. The topological polar surface area (TPSA) is 56.6 Å². The van der Waals surface area contributed by atoms with Crippen molar-refractivity contribution in [3.8, 4) is 6.07 Å². The van der Waals surface area contributed by atoms with E-state index in [-0.39, 0.29) is 5.78 Å². The second-order valence-electron chi connectivity index (χ2n) is 5.35. The fourth-order valence-corrected chi connectivity index (χ4v) is 3.01. The van der Waals surface area contributed by atoms with Gasteiger partial charge in [0.1, 0.15) is 0 Å². The number of nitriles is 1. The van der Waals surface area contributed by atoms with Gasteiger partial charge < -0.3 is 4.98 Å². The van der Waals surface area contributed by atoms with Crippen LogP contribution in [-0.4, -0.2) is 10.8 Å². The van der Waals surface area contributed by atoms with E-state index in [1.165, 1.54) is 25.7 Å². The molecule has 2 aromatic rings. The second kappa shape index (κ2) is 4.89. The lowest BCUT2D eigenvalue weighted by atomic mass is 9.96. The lowest BCUT2D eigenvalue weighted by molar-refractivity contribution is 0.0964. The minimum absolute atomic E-state index is 0.225. The summed E-state index contributed by atoms with van der Waals surface area (Å²) < 4.78 is 0. The summed E-state index contributed by atoms with van der Waals surface area (Å²) >= 11 is 0. The van der Waals surface area contributed by atoms with E-state index in [1.54, 1.807) is 18.3 Å². The van der Waals surface area contributed by atoms with Crippen molar-refractivity contribution in [3.05, 3.63) is 35.5 Å². The number of ketones is 1. The third-order valence-electron chi connectivity index (χ3n) is 4.06. The molecule has 1 fully saturated rings. The van der Waals surface area contributed by atoms with E-state index in [1.807, 2.05) is 6.07 Å². The number of nitrogens with one attached hydrogen (secondary N) is 1. The first-order chi connectivity index (χ1) is 9.28. The van der Waals surface area contributed by atoms with Gasteiger partial charge in [0.25, 0.3) is 0 Å². The van der Waals surface area contributed by atoms with Crippen LogP contribution in [0.1, 0.15) is 48.0 Å². The largest absolute Gasteiger partial charge is 0.360 e. The first-order valence-electron chi connectivity index (χ1n) is 6.82. The highest BCUT2D eigenvalue weighted by Crippen LogP contribution is 2.30. The molecule has 1 N–H and O–H groups in total. The van der Waals surface area contributed by atoms with Crippen LogP contribution in [0.4, 0.5) is 0 Å². The lowest BCUT2D eigenvalue weighted by Crippen LogP contribution is -2.05. The minimum Gasteiger partial charge on any atom is -0.360 e. The first kappa shape index (κ1) is 12.0. The Balaban J connectivity index is 1.88. The Hall–Kier alpha value is -2.08. The van der Waals surface area contributed by atoms with Crippen molar-refractivity contribution >= 4 is 16.7 Å². The average molecular weight is 252 g/mol. The normalized spacial score (nSPS) is 15.7. The van der Waals surface area contributed by atoms with Crippen LogP contribution in [0, 0.1) is 17.2 Å². The molecule has 0 saturated heterocycles.